The summed E-state index contributed by atoms with van der Waals surface area (Å²) < 4.78 is 6.42. The number of hydrogen-bond donors (Lipinski definition) is 2. The topological polar surface area (TPSA) is 49.6 Å². The minimum Gasteiger partial charge on any atom is -0.469 e. The molecule has 0 bridgehead atoms. The minimum atomic E-state index is 0.687. The molecular formula is C14H18BrN3OS. The third kappa shape index (κ3) is 5.02. The van der Waals surface area contributed by atoms with Crippen molar-refractivity contribution in [3.63, 3.8) is 0 Å². The molecule has 0 saturated heterocycles. The van der Waals surface area contributed by atoms with Gasteiger partial charge in [-0.1, -0.05) is 0 Å². The Labute approximate surface area is 131 Å². The van der Waals surface area contributed by atoms with Crippen molar-refractivity contribution in [3.8, 4) is 0 Å². The van der Waals surface area contributed by atoms with Crippen molar-refractivity contribution in [2.24, 2.45) is 4.99 Å². The Morgan fingerprint density at radius 1 is 1.45 bits per heavy atom. The fourth-order valence-electron chi connectivity index (χ4n) is 1.69. The molecule has 0 aliphatic heterocycles. The number of furan rings is 1. The first-order chi connectivity index (χ1) is 9.78. The Kier molecular flexibility index (Phi) is 6.14. The van der Waals surface area contributed by atoms with Crippen LogP contribution in [-0.4, -0.2) is 19.0 Å². The Hall–Kier alpha value is -1.27. The Balaban J connectivity index is 1.82. The van der Waals surface area contributed by atoms with Crippen molar-refractivity contribution in [3.05, 3.63) is 45.0 Å². The minimum absolute atomic E-state index is 0.687. The van der Waals surface area contributed by atoms with E-state index in [-0.39, 0.29) is 0 Å². The van der Waals surface area contributed by atoms with Gasteiger partial charge < -0.3 is 15.1 Å². The third-order valence-corrected chi connectivity index (χ3v) is 4.29. The van der Waals surface area contributed by atoms with Crippen LogP contribution in [0.1, 0.15) is 17.6 Å². The number of thiophene rings is 1. The molecule has 2 heterocycles. The molecule has 0 aliphatic rings. The highest BCUT2D eigenvalue weighted by Gasteiger charge is 2.01. The quantitative estimate of drug-likeness (QED) is 0.616. The predicted molar refractivity (Wildman–Crippen MR) is 87.2 cm³/mol. The Morgan fingerprint density at radius 2 is 2.35 bits per heavy atom. The molecule has 108 valence electrons. The van der Waals surface area contributed by atoms with Gasteiger partial charge in [0.2, 0.25) is 0 Å². The van der Waals surface area contributed by atoms with E-state index in [4.69, 9.17) is 4.42 Å². The molecular weight excluding hydrogens is 338 g/mol. The molecule has 0 radical (unpaired) electrons. The highest BCUT2D eigenvalue weighted by atomic mass is 79.9. The van der Waals surface area contributed by atoms with E-state index in [1.165, 1.54) is 4.88 Å². The monoisotopic (exact) mass is 355 g/mol. The third-order valence-electron chi connectivity index (χ3n) is 2.60. The summed E-state index contributed by atoms with van der Waals surface area (Å²) in [6.45, 7) is 4.39. The van der Waals surface area contributed by atoms with E-state index in [0.29, 0.717) is 6.54 Å². The molecule has 0 aromatic carbocycles. The lowest BCUT2D eigenvalue weighted by Crippen LogP contribution is -2.38. The van der Waals surface area contributed by atoms with Crippen molar-refractivity contribution in [2.45, 2.75) is 19.9 Å². The summed E-state index contributed by atoms with van der Waals surface area (Å²) in [5.41, 5.74) is 0. The lowest BCUT2D eigenvalue weighted by atomic mass is 10.3. The summed E-state index contributed by atoms with van der Waals surface area (Å²) in [4.78, 5) is 5.81. The van der Waals surface area contributed by atoms with E-state index in [2.05, 4.69) is 49.9 Å². The van der Waals surface area contributed by atoms with Crippen molar-refractivity contribution in [1.82, 2.24) is 10.6 Å². The zero-order chi connectivity index (χ0) is 14.2. The van der Waals surface area contributed by atoms with Gasteiger partial charge in [0.1, 0.15) is 5.76 Å². The molecule has 2 aromatic heterocycles. The molecule has 0 fully saturated rings. The van der Waals surface area contributed by atoms with Gasteiger partial charge in [0, 0.05) is 34.2 Å². The van der Waals surface area contributed by atoms with Crippen LogP contribution in [0.5, 0.6) is 0 Å². The number of aliphatic imine (C=N–C) groups is 1. The summed E-state index contributed by atoms with van der Waals surface area (Å²) in [6, 6.07) is 5.98. The highest BCUT2D eigenvalue weighted by molar-refractivity contribution is 9.10. The molecule has 0 saturated carbocycles. The number of hydrogen-bond acceptors (Lipinski definition) is 3. The summed E-state index contributed by atoms with van der Waals surface area (Å²) in [5, 5.41) is 8.62. The molecule has 0 atom stereocenters. The van der Waals surface area contributed by atoms with Gasteiger partial charge in [-0.3, -0.25) is 0 Å². The van der Waals surface area contributed by atoms with E-state index in [0.717, 1.165) is 35.7 Å². The summed E-state index contributed by atoms with van der Waals surface area (Å²) in [6.07, 6.45) is 2.55. The normalized spacial score (nSPS) is 11.6. The second-order valence-corrected chi connectivity index (χ2v) is 6.09. The average Bonchev–Trinajstić information content (AvgIpc) is 3.07. The number of nitrogens with zero attached hydrogens (tertiary/aromatic N) is 1. The maximum Gasteiger partial charge on any atom is 0.191 e. The number of guanidine groups is 1. The van der Waals surface area contributed by atoms with E-state index in [9.17, 15) is 0 Å². The molecule has 2 aromatic rings. The van der Waals surface area contributed by atoms with Gasteiger partial charge in [-0.2, -0.15) is 0 Å². The van der Waals surface area contributed by atoms with Crippen molar-refractivity contribution in [2.75, 3.05) is 13.1 Å². The van der Waals surface area contributed by atoms with Gasteiger partial charge in [0.25, 0.3) is 0 Å². The van der Waals surface area contributed by atoms with Crippen molar-refractivity contribution >= 4 is 33.2 Å². The number of halogens is 1. The first-order valence-corrected chi connectivity index (χ1v) is 8.22. The predicted octanol–water partition coefficient (Wildman–Crippen LogP) is 3.40. The van der Waals surface area contributed by atoms with Crippen LogP contribution in [0.3, 0.4) is 0 Å². The van der Waals surface area contributed by atoms with E-state index >= 15 is 0 Å². The summed E-state index contributed by atoms with van der Waals surface area (Å²) >= 11 is 5.16. The maximum atomic E-state index is 5.30. The average molecular weight is 356 g/mol. The summed E-state index contributed by atoms with van der Waals surface area (Å²) in [5.74, 6) is 1.82. The van der Waals surface area contributed by atoms with Crippen molar-refractivity contribution < 1.29 is 4.42 Å². The molecule has 6 heteroatoms. The fourth-order valence-corrected chi connectivity index (χ4v) is 3.07. The van der Waals surface area contributed by atoms with E-state index < -0.39 is 0 Å². The number of nitrogens with one attached hydrogen (secondary N) is 2. The van der Waals surface area contributed by atoms with Gasteiger partial charge >= 0.3 is 0 Å². The van der Waals surface area contributed by atoms with Gasteiger partial charge in [-0.15, -0.1) is 11.3 Å². The second kappa shape index (κ2) is 8.11. The molecule has 2 rings (SSSR count). The van der Waals surface area contributed by atoms with Crippen LogP contribution in [-0.2, 0) is 13.0 Å². The van der Waals surface area contributed by atoms with Crippen LogP contribution in [0, 0.1) is 0 Å². The number of rotatable bonds is 6. The fraction of sp³-hybridized carbons (Fsp3) is 0.357. The van der Waals surface area contributed by atoms with Crippen LogP contribution in [0.25, 0.3) is 0 Å². The first-order valence-electron chi connectivity index (χ1n) is 6.55. The van der Waals surface area contributed by atoms with E-state index in [1.54, 1.807) is 17.6 Å². The van der Waals surface area contributed by atoms with Crippen molar-refractivity contribution in [1.29, 1.82) is 0 Å². The molecule has 0 aliphatic carbocycles. The van der Waals surface area contributed by atoms with Gasteiger partial charge in [0.05, 0.1) is 12.8 Å². The lowest BCUT2D eigenvalue weighted by molar-refractivity contribution is 0.507. The van der Waals surface area contributed by atoms with Gasteiger partial charge in [0.15, 0.2) is 5.96 Å². The van der Waals surface area contributed by atoms with Crippen LogP contribution < -0.4 is 10.6 Å². The van der Waals surface area contributed by atoms with Crippen LogP contribution >= 0.6 is 27.3 Å². The molecule has 4 nitrogen and oxygen atoms in total. The van der Waals surface area contributed by atoms with Crippen LogP contribution in [0.15, 0.2) is 43.7 Å². The first kappa shape index (κ1) is 15.1. The van der Waals surface area contributed by atoms with E-state index in [1.807, 2.05) is 12.1 Å². The molecule has 0 spiro atoms. The highest BCUT2D eigenvalue weighted by Crippen LogP contribution is 2.20. The van der Waals surface area contributed by atoms with Crippen LogP contribution in [0.2, 0.25) is 0 Å². The zero-order valence-electron chi connectivity index (χ0n) is 11.4. The molecule has 20 heavy (non-hydrogen) atoms. The molecule has 0 unspecified atom stereocenters. The standard InChI is InChI=1S/C14H18BrN3OS/c1-2-16-14(17-6-5-12-4-3-7-19-12)18-9-13-8-11(15)10-20-13/h3-4,7-8,10H,2,5-6,9H2,1H3,(H2,16,17,18). The smallest absolute Gasteiger partial charge is 0.191 e. The maximum absolute atomic E-state index is 5.30. The SMILES string of the molecule is CCNC(=NCc1cc(Br)cs1)NCCc1ccco1. The molecule has 2 N–H and O–H groups in total. The van der Waals surface area contributed by atoms with Crippen LogP contribution in [0.4, 0.5) is 0 Å². The van der Waals surface area contributed by atoms with Gasteiger partial charge in [-0.05, 0) is 41.1 Å². The zero-order valence-corrected chi connectivity index (χ0v) is 13.8. The Bertz CT molecular complexity index is 536. The largest absolute Gasteiger partial charge is 0.469 e. The molecule has 0 amide bonds. The lowest BCUT2D eigenvalue weighted by Gasteiger charge is -2.10. The second-order valence-electron chi connectivity index (χ2n) is 4.18. The van der Waals surface area contributed by atoms with Gasteiger partial charge in [-0.25, -0.2) is 4.99 Å². The Morgan fingerprint density at radius 3 is 3.00 bits per heavy atom. The summed E-state index contributed by atoms with van der Waals surface area (Å²) in [7, 11) is 0.